The van der Waals surface area contributed by atoms with Crippen LogP contribution in [0.5, 0.6) is 17.2 Å². The first-order valence-electron chi connectivity index (χ1n) is 5.48. The zero-order chi connectivity index (χ0) is 14.0. The van der Waals surface area contributed by atoms with E-state index in [0.717, 1.165) is 0 Å². The largest absolute Gasteiger partial charge is 0.493 e. The van der Waals surface area contributed by atoms with Crippen molar-refractivity contribution in [3.8, 4) is 28.4 Å². The molecule has 0 amide bonds. The van der Waals surface area contributed by atoms with Gasteiger partial charge in [0.05, 0.1) is 26.9 Å². The van der Waals surface area contributed by atoms with Crippen molar-refractivity contribution < 1.29 is 14.2 Å². The number of aromatic nitrogens is 2. The number of benzene rings is 1. The van der Waals surface area contributed by atoms with Crippen LogP contribution in [0.2, 0.25) is 0 Å². The topological polar surface area (TPSA) is 102 Å². The maximum absolute atomic E-state index is 11.7. The van der Waals surface area contributed by atoms with Gasteiger partial charge in [-0.15, -0.1) is 0 Å². The Morgan fingerprint density at radius 2 is 1.58 bits per heavy atom. The lowest BCUT2D eigenvalue weighted by Crippen LogP contribution is -2.03. The maximum atomic E-state index is 11.7. The summed E-state index contributed by atoms with van der Waals surface area (Å²) in [5.41, 5.74) is 6.33. The second-order valence-electron chi connectivity index (χ2n) is 3.78. The number of anilines is 1. The molecule has 0 unspecified atom stereocenters. The predicted octanol–water partition coefficient (Wildman–Crippen LogP) is 0.978. The SMILES string of the molecule is COc1cc(-c2c(N)[nH][nH]c2=O)cc(OC)c1OC. The van der Waals surface area contributed by atoms with Crippen molar-refractivity contribution in [3.05, 3.63) is 22.5 Å². The fraction of sp³-hybridized carbons (Fsp3) is 0.250. The van der Waals surface area contributed by atoms with Gasteiger partial charge in [-0.25, -0.2) is 0 Å². The van der Waals surface area contributed by atoms with Gasteiger partial charge in [-0.2, -0.15) is 0 Å². The third kappa shape index (κ3) is 2.10. The molecule has 0 fully saturated rings. The third-order valence-electron chi connectivity index (χ3n) is 2.76. The molecule has 2 aromatic rings. The normalized spacial score (nSPS) is 10.3. The van der Waals surface area contributed by atoms with Crippen LogP contribution < -0.4 is 25.5 Å². The van der Waals surface area contributed by atoms with Crippen LogP contribution in [0.4, 0.5) is 5.82 Å². The second kappa shape index (κ2) is 4.97. The van der Waals surface area contributed by atoms with Crippen LogP contribution in [0.3, 0.4) is 0 Å². The number of ether oxygens (including phenoxy) is 3. The summed E-state index contributed by atoms with van der Waals surface area (Å²) in [6, 6.07) is 3.33. The van der Waals surface area contributed by atoms with E-state index in [1.54, 1.807) is 12.1 Å². The number of aromatic amines is 2. The molecular weight excluding hydrogens is 250 g/mol. The molecule has 1 aromatic carbocycles. The van der Waals surface area contributed by atoms with E-state index in [1.807, 2.05) is 0 Å². The lowest BCUT2D eigenvalue weighted by Gasteiger charge is -2.13. The molecule has 7 heteroatoms. The Labute approximate surface area is 109 Å². The van der Waals surface area contributed by atoms with Crippen molar-refractivity contribution in [2.45, 2.75) is 0 Å². The molecule has 0 aliphatic heterocycles. The van der Waals surface area contributed by atoms with Crippen molar-refractivity contribution in [1.82, 2.24) is 10.2 Å². The summed E-state index contributed by atoms with van der Waals surface area (Å²) in [4.78, 5) is 11.7. The van der Waals surface area contributed by atoms with Crippen LogP contribution in [-0.4, -0.2) is 31.5 Å². The molecule has 0 spiro atoms. The first kappa shape index (κ1) is 12.9. The first-order chi connectivity index (χ1) is 9.12. The zero-order valence-corrected chi connectivity index (χ0v) is 10.9. The fourth-order valence-electron chi connectivity index (χ4n) is 1.88. The van der Waals surface area contributed by atoms with Crippen LogP contribution >= 0.6 is 0 Å². The minimum Gasteiger partial charge on any atom is -0.493 e. The summed E-state index contributed by atoms with van der Waals surface area (Å²) in [7, 11) is 4.52. The second-order valence-corrected chi connectivity index (χ2v) is 3.78. The molecule has 0 atom stereocenters. The van der Waals surface area contributed by atoms with E-state index in [1.165, 1.54) is 21.3 Å². The number of hydrogen-bond acceptors (Lipinski definition) is 5. The molecule has 1 aromatic heterocycles. The Morgan fingerprint density at radius 3 is 1.95 bits per heavy atom. The summed E-state index contributed by atoms with van der Waals surface area (Å²) in [5.74, 6) is 1.62. The Hall–Kier alpha value is -2.57. The van der Waals surface area contributed by atoms with Gasteiger partial charge in [0.15, 0.2) is 11.5 Å². The molecule has 4 N–H and O–H groups in total. The van der Waals surface area contributed by atoms with Gasteiger partial charge < -0.3 is 19.9 Å². The van der Waals surface area contributed by atoms with E-state index in [9.17, 15) is 4.79 Å². The molecule has 0 saturated carbocycles. The molecular formula is C12H15N3O4. The summed E-state index contributed by atoms with van der Waals surface area (Å²) >= 11 is 0. The van der Waals surface area contributed by atoms with Crippen molar-refractivity contribution in [1.29, 1.82) is 0 Å². The van der Waals surface area contributed by atoms with Crippen LogP contribution in [0.25, 0.3) is 11.1 Å². The first-order valence-corrected chi connectivity index (χ1v) is 5.48. The summed E-state index contributed by atoms with van der Waals surface area (Å²) in [6.45, 7) is 0. The molecule has 0 aliphatic rings. The van der Waals surface area contributed by atoms with E-state index in [4.69, 9.17) is 19.9 Å². The molecule has 0 radical (unpaired) electrons. The van der Waals surface area contributed by atoms with Gasteiger partial charge in [-0.05, 0) is 17.7 Å². The average molecular weight is 265 g/mol. The van der Waals surface area contributed by atoms with Gasteiger partial charge in [-0.3, -0.25) is 15.0 Å². The zero-order valence-electron chi connectivity index (χ0n) is 10.9. The van der Waals surface area contributed by atoms with E-state index in [2.05, 4.69) is 10.2 Å². The lowest BCUT2D eigenvalue weighted by molar-refractivity contribution is 0.324. The smallest absolute Gasteiger partial charge is 0.273 e. The molecule has 0 bridgehead atoms. The Kier molecular flexibility index (Phi) is 3.37. The standard InChI is InChI=1S/C12H15N3O4/c1-17-7-4-6(5-8(18-2)10(7)19-3)9-11(13)14-15-12(9)16/h4-5H,1-3H3,(H4,13,14,15,16). The number of methoxy groups -OCH3 is 3. The number of nitrogens with one attached hydrogen (secondary N) is 2. The summed E-state index contributed by atoms with van der Waals surface area (Å²) < 4.78 is 15.7. The number of nitrogen functional groups attached to an aromatic ring is 1. The van der Waals surface area contributed by atoms with Crippen molar-refractivity contribution in [2.75, 3.05) is 27.1 Å². The molecule has 19 heavy (non-hydrogen) atoms. The van der Waals surface area contributed by atoms with Crippen molar-refractivity contribution in [3.63, 3.8) is 0 Å². The fourth-order valence-corrected chi connectivity index (χ4v) is 1.88. The molecule has 2 rings (SSSR count). The highest BCUT2D eigenvalue weighted by Crippen LogP contribution is 2.41. The highest BCUT2D eigenvalue weighted by atomic mass is 16.5. The van der Waals surface area contributed by atoms with Crippen molar-refractivity contribution >= 4 is 5.82 Å². The molecule has 1 heterocycles. The van der Waals surface area contributed by atoms with Crippen LogP contribution in [0, 0.1) is 0 Å². The van der Waals surface area contributed by atoms with Crippen LogP contribution in [-0.2, 0) is 0 Å². The van der Waals surface area contributed by atoms with E-state index >= 15 is 0 Å². The summed E-state index contributed by atoms with van der Waals surface area (Å²) in [6.07, 6.45) is 0. The quantitative estimate of drug-likeness (QED) is 0.764. The van der Waals surface area contributed by atoms with Gasteiger partial charge in [0.2, 0.25) is 5.75 Å². The number of H-pyrrole nitrogens is 2. The third-order valence-corrected chi connectivity index (χ3v) is 2.76. The minimum atomic E-state index is -0.313. The highest BCUT2D eigenvalue weighted by molar-refractivity contribution is 5.77. The average Bonchev–Trinajstić information content (AvgIpc) is 2.76. The van der Waals surface area contributed by atoms with Crippen molar-refractivity contribution in [2.24, 2.45) is 0 Å². The molecule has 0 aliphatic carbocycles. The highest BCUT2D eigenvalue weighted by Gasteiger charge is 2.17. The molecule has 102 valence electrons. The number of nitrogens with two attached hydrogens (primary N) is 1. The van der Waals surface area contributed by atoms with Gasteiger partial charge in [-0.1, -0.05) is 0 Å². The summed E-state index contributed by atoms with van der Waals surface area (Å²) in [5, 5.41) is 4.99. The Morgan fingerprint density at radius 1 is 1.00 bits per heavy atom. The number of hydrogen-bond donors (Lipinski definition) is 3. The maximum Gasteiger partial charge on any atom is 0.273 e. The van der Waals surface area contributed by atoms with Gasteiger partial charge >= 0.3 is 0 Å². The van der Waals surface area contributed by atoms with E-state index in [-0.39, 0.29) is 11.4 Å². The predicted molar refractivity (Wildman–Crippen MR) is 70.9 cm³/mol. The van der Waals surface area contributed by atoms with Gasteiger partial charge in [0.1, 0.15) is 5.82 Å². The van der Waals surface area contributed by atoms with Crippen LogP contribution in [0.1, 0.15) is 0 Å². The monoisotopic (exact) mass is 265 g/mol. The van der Waals surface area contributed by atoms with E-state index in [0.29, 0.717) is 28.4 Å². The van der Waals surface area contributed by atoms with Gasteiger partial charge in [0, 0.05) is 0 Å². The number of rotatable bonds is 4. The minimum absolute atomic E-state index is 0.249. The Bertz CT molecular complexity index is 620. The van der Waals surface area contributed by atoms with Gasteiger partial charge in [0.25, 0.3) is 5.56 Å². The molecule has 7 nitrogen and oxygen atoms in total. The van der Waals surface area contributed by atoms with E-state index < -0.39 is 0 Å². The Balaban J connectivity index is 2.69. The van der Waals surface area contributed by atoms with Crippen LogP contribution in [0.15, 0.2) is 16.9 Å². The lowest BCUT2D eigenvalue weighted by atomic mass is 10.1. The molecule has 0 saturated heterocycles.